The molecule has 0 fully saturated rings. The predicted molar refractivity (Wildman–Crippen MR) is 82.9 cm³/mol. The van der Waals surface area contributed by atoms with E-state index in [1.54, 1.807) is 18.2 Å². The molecule has 0 saturated carbocycles. The van der Waals surface area contributed by atoms with Crippen molar-refractivity contribution in [2.45, 2.75) is 13.8 Å². The highest BCUT2D eigenvalue weighted by molar-refractivity contribution is 5.75. The van der Waals surface area contributed by atoms with Crippen molar-refractivity contribution in [1.29, 1.82) is 0 Å². The monoisotopic (exact) mass is 299 g/mol. The van der Waals surface area contributed by atoms with Gasteiger partial charge in [0.05, 0.1) is 13.2 Å². The summed E-state index contributed by atoms with van der Waals surface area (Å²) in [6.45, 7) is 4.96. The van der Waals surface area contributed by atoms with Crippen LogP contribution in [0.4, 0.5) is 0 Å². The molecule has 0 atom stereocenters. The van der Waals surface area contributed by atoms with Crippen molar-refractivity contribution in [3.63, 3.8) is 0 Å². The average molecular weight is 299 g/mol. The molecule has 1 aromatic heterocycles. The van der Waals surface area contributed by atoms with Gasteiger partial charge in [0, 0.05) is 12.1 Å². The van der Waals surface area contributed by atoms with Gasteiger partial charge < -0.3 is 14.6 Å². The van der Waals surface area contributed by atoms with E-state index >= 15 is 0 Å². The number of benzene rings is 2. The highest BCUT2D eigenvalue weighted by Gasteiger charge is 2.10. The first-order valence-corrected chi connectivity index (χ1v) is 7.17. The molecule has 0 bridgehead atoms. The van der Waals surface area contributed by atoms with E-state index in [0.717, 1.165) is 11.3 Å². The number of hydrogen-bond donors (Lipinski definition) is 1. The van der Waals surface area contributed by atoms with Crippen molar-refractivity contribution < 1.29 is 14.6 Å². The van der Waals surface area contributed by atoms with Gasteiger partial charge in [0.15, 0.2) is 0 Å². The molecule has 0 amide bonds. The number of phenolic OH excluding ortho intramolecular Hbond substituents is 1. The SMILES string of the molecule is CCOc1ccc(-n2nc3ccc(OCC)cc3n2)c(O)c1. The van der Waals surface area contributed by atoms with E-state index in [2.05, 4.69) is 10.2 Å². The second kappa shape index (κ2) is 5.93. The Morgan fingerprint density at radius 1 is 0.909 bits per heavy atom. The first-order valence-electron chi connectivity index (χ1n) is 7.17. The summed E-state index contributed by atoms with van der Waals surface area (Å²) in [5.41, 5.74) is 1.94. The number of phenols is 1. The fraction of sp³-hybridized carbons (Fsp3) is 0.250. The zero-order valence-electron chi connectivity index (χ0n) is 12.5. The Morgan fingerprint density at radius 3 is 2.23 bits per heavy atom. The number of hydrogen-bond acceptors (Lipinski definition) is 5. The zero-order valence-corrected chi connectivity index (χ0v) is 12.5. The lowest BCUT2D eigenvalue weighted by Crippen LogP contribution is -1.99. The van der Waals surface area contributed by atoms with Gasteiger partial charge in [0.2, 0.25) is 0 Å². The highest BCUT2D eigenvalue weighted by atomic mass is 16.5. The van der Waals surface area contributed by atoms with Crippen molar-refractivity contribution in [2.24, 2.45) is 0 Å². The average Bonchev–Trinajstić information content (AvgIpc) is 2.91. The van der Waals surface area contributed by atoms with Crippen LogP contribution in [-0.2, 0) is 0 Å². The topological polar surface area (TPSA) is 69.4 Å². The molecule has 0 unspecified atom stereocenters. The molecule has 22 heavy (non-hydrogen) atoms. The Morgan fingerprint density at radius 2 is 1.55 bits per heavy atom. The molecule has 0 aliphatic heterocycles. The summed E-state index contributed by atoms with van der Waals surface area (Å²) in [6, 6.07) is 10.6. The maximum atomic E-state index is 10.1. The Labute approximate surface area is 127 Å². The van der Waals surface area contributed by atoms with Gasteiger partial charge in [-0.25, -0.2) is 0 Å². The van der Waals surface area contributed by atoms with Gasteiger partial charge in [-0.05, 0) is 38.1 Å². The Hall–Kier alpha value is -2.76. The molecule has 0 radical (unpaired) electrons. The van der Waals surface area contributed by atoms with Crippen LogP contribution in [0.5, 0.6) is 17.2 Å². The second-order valence-electron chi connectivity index (χ2n) is 4.66. The van der Waals surface area contributed by atoms with E-state index in [4.69, 9.17) is 9.47 Å². The van der Waals surface area contributed by atoms with Gasteiger partial charge >= 0.3 is 0 Å². The molecule has 0 aliphatic rings. The van der Waals surface area contributed by atoms with Crippen molar-refractivity contribution >= 4 is 11.0 Å². The van der Waals surface area contributed by atoms with Gasteiger partial charge in [0.1, 0.15) is 34.0 Å². The molecule has 1 heterocycles. The lowest BCUT2D eigenvalue weighted by Gasteiger charge is -2.06. The van der Waals surface area contributed by atoms with Crippen LogP contribution >= 0.6 is 0 Å². The second-order valence-corrected chi connectivity index (χ2v) is 4.66. The largest absolute Gasteiger partial charge is 0.505 e. The molecule has 6 heteroatoms. The minimum atomic E-state index is 0.0660. The molecule has 3 aromatic rings. The standard InChI is InChI=1S/C16H17N3O3/c1-3-21-11-5-7-13-14(9-11)18-19(17-13)15-8-6-12(22-4-2)10-16(15)20/h5-10,20H,3-4H2,1-2H3. The smallest absolute Gasteiger partial charge is 0.146 e. The quantitative estimate of drug-likeness (QED) is 0.784. The van der Waals surface area contributed by atoms with Crippen molar-refractivity contribution in [1.82, 2.24) is 15.0 Å². The lowest BCUT2D eigenvalue weighted by atomic mass is 10.3. The van der Waals surface area contributed by atoms with Gasteiger partial charge in [0.25, 0.3) is 0 Å². The van der Waals surface area contributed by atoms with Gasteiger partial charge in [-0.3, -0.25) is 0 Å². The van der Waals surface area contributed by atoms with Gasteiger partial charge in [-0.1, -0.05) is 0 Å². The third-order valence-electron chi connectivity index (χ3n) is 3.14. The molecule has 2 aromatic carbocycles. The van der Waals surface area contributed by atoms with Gasteiger partial charge in [-0.15, -0.1) is 15.0 Å². The molecule has 0 aliphatic carbocycles. The molecule has 3 rings (SSSR count). The summed E-state index contributed by atoms with van der Waals surface area (Å²) in [6.07, 6.45) is 0. The summed E-state index contributed by atoms with van der Waals surface area (Å²) in [7, 11) is 0. The molecule has 1 N–H and O–H groups in total. The van der Waals surface area contributed by atoms with Crippen LogP contribution < -0.4 is 9.47 Å². The first-order chi connectivity index (χ1) is 10.7. The van der Waals surface area contributed by atoms with E-state index < -0.39 is 0 Å². The molecule has 0 saturated heterocycles. The maximum absolute atomic E-state index is 10.1. The normalized spacial score (nSPS) is 10.8. The molecule has 6 nitrogen and oxygen atoms in total. The van der Waals surface area contributed by atoms with Crippen LogP contribution in [0.3, 0.4) is 0 Å². The molecular formula is C16H17N3O3. The van der Waals surface area contributed by atoms with E-state index in [1.807, 2.05) is 32.0 Å². The maximum Gasteiger partial charge on any atom is 0.146 e. The zero-order chi connectivity index (χ0) is 15.5. The number of rotatable bonds is 5. The summed E-state index contributed by atoms with van der Waals surface area (Å²) >= 11 is 0. The highest BCUT2D eigenvalue weighted by Crippen LogP contribution is 2.27. The van der Waals surface area contributed by atoms with E-state index in [9.17, 15) is 5.11 Å². The predicted octanol–water partition coefficient (Wildman–Crippen LogP) is 2.92. The number of ether oxygens (including phenoxy) is 2. The van der Waals surface area contributed by atoms with E-state index in [-0.39, 0.29) is 5.75 Å². The number of nitrogens with zero attached hydrogens (tertiary/aromatic N) is 3. The van der Waals surface area contributed by atoms with E-state index in [1.165, 1.54) is 4.80 Å². The third-order valence-corrected chi connectivity index (χ3v) is 3.14. The number of fused-ring (bicyclic) bond motifs is 1. The van der Waals surface area contributed by atoms with Crippen molar-refractivity contribution in [2.75, 3.05) is 13.2 Å². The van der Waals surface area contributed by atoms with Crippen LogP contribution in [0.15, 0.2) is 36.4 Å². The molecule has 114 valence electrons. The Balaban J connectivity index is 1.99. The number of aromatic nitrogens is 3. The van der Waals surface area contributed by atoms with Crippen LogP contribution in [-0.4, -0.2) is 33.3 Å². The van der Waals surface area contributed by atoms with Crippen molar-refractivity contribution in [3.8, 4) is 22.9 Å². The Bertz CT molecular complexity index is 798. The van der Waals surface area contributed by atoms with Crippen LogP contribution in [0.1, 0.15) is 13.8 Å². The first kappa shape index (κ1) is 14.2. The number of aromatic hydroxyl groups is 1. The van der Waals surface area contributed by atoms with Crippen molar-refractivity contribution in [3.05, 3.63) is 36.4 Å². The molecule has 0 spiro atoms. The molecular weight excluding hydrogens is 282 g/mol. The van der Waals surface area contributed by atoms with Crippen LogP contribution in [0, 0.1) is 0 Å². The summed E-state index contributed by atoms with van der Waals surface area (Å²) in [5.74, 6) is 1.42. The van der Waals surface area contributed by atoms with E-state index in [0.29, 0.717) is 30.2 Å². The minimum absolute atomic E-state index is 0.0660. The van der Waals surface area contributed by atoms with Gasteiger partial charge in [-0.2, -0.15) is 0 Å². The third kappa shape index (κ3) is 2.67. The summed E-state index contributed by atoms with van der Waals surface area (Å²) in [4.78, 5) is 1.41. The fourth-order valence-electron chi connectivity index (χ4n) is 2.19. The summed E-state index contributed by atoms with van der Waals surface area (Å²) in [5, 5.41) is 18.9. The fourth-order valence-corrected chi connectivity index (χ4v) is 2.19. The lowest BCUT2D eigenvalue weighted by molar-refractivity contribution is 0.337. The Kier molecular flexibility index (Phi) is 3.82. The van der Waals surface area contributed by atoms with Crippen LogP contribution in [0.2, 0.25) is 0 Å². The summed E-state index contributed by atoms with van der Waals surface area (Å²) < 4.78 is 10.8. The minimum Gasteiger partial charge on any atom is -0.505 e. The van der Waals surface area contributed by atoms with Crippen LogP contribution in [0.25, 0.3) is 16.7 Å².